The van der Waals surface area contributed by atoms with Gasteiger partial charge >= 0.3 is 18.3 Å². The molecule has 0 aliphatic rings. The molecule has 0 aromatic rings. The van der Waals surface area contributed by atoms with Crippen molar-refractivity contribution >= 4 is 14.6 Å². The Kier molecular flexibility index (Phi) is 6.15. The van der Waals surface area contributed by atoms with E-state index in [4.69, 9.17) is 0 Å². The monoisotopic (exact) mass is 340 g/mol. The molecule has 2 unspecified atom stereocenters. The molecule has 0 aliphatic carbocycles. The van der Waals surface area contributed by atoms with Crippen molar-refractivity contribution in [1.82, 2.24) is 0 Å². The smallest absolute Gasteiger partial charge is 0.434 e. The SMILES string of the molecule is CPC(C)(CC(C)(C)C)C(=O)OC(C(F)(F)F)C(F)(F)F. The minimum absolute atomic E-state index is 0.121. The molecule has 0 aliphatic heterocycles. The molecular weight excluding hydrogens is 321 g/mol. The lowest BCUT2D eigenvalue weighted by Gasteiger charge is -2.34. The molecule has 0 fully saturated rings. The Balaban J connectivity index is 5.31. The van der Waals surface area contributed by atoms with Crippen molar-refractivity contribution in [1.29, 1.82) is 0 Å². The van der Waals surface area contributed by atoms with Crippen LogP contribution in [-0.4, -0.2) is 36.2 Å². The van der Waals surface area contributed by atoms with E-state index in [0.717, 1.165) is 0 Å². The van der Waals surface area contributed by atoms with Crippen molar-refractivity contribution < 1.29 is 35.9 Å². The molecule has 2 atom stereocenters. The highest BCUT2D eigenvalue weighted by Crippen LogP contribution is 2.43. The van der Waals surface area contributed by atoms with E-state index in [2.05, 4.69) is 4.74 Å². The van der Waals surface area contributed by atoms with E-state index in [0.29, 0.717) is 0 Å². The lowest BCUT2D eigenvalue weighted by atomic mass is 9.85. The van der Waals surface area contributed by atoms with Crippen molar-refractivity contribution in [2.75, 3.05) is 6.66 Å². The summed E-state index contributed by atoms with van der Waals surface area (Å²) in [5.74, 6) is -1.47. The van der Waals surface area contributed by atoms with E-state index in [9.17, 15) is 31.1 Å². The Bertz CT molecular complexity index is 357. The van der Waals surface area contributed by atoms with E-state index in [-0.39, 0.29) is 15.0 Å². The molecule has 0 saturated heterocycles. The summed E-state index contributed by atoms with van der Waals surface area (Å²) in [5, 5.41) is -1.38. The quantitative estimate of drug-likeness (QED) is 0.427. The number of carbonyl (C=O) groups is 1. The normalized spacial score (nSPS) is 17.3. The Morgan fingerprint density at radius 2 is 1.38 bits per heavy atom. The largest absolute Gasteiger partial charge is 0.442 e. The number of ether oxygens (including phenoxy) is 1. The number of halogens is 6. The fourth-order valence-electron chi connectivity index (χ4n) is 1.88. The average Bonchev–Trinajstić information content (AvgIpc) is 2.19. The first kappa shape index (κ1) is 20.5. The van der Waals surface area contributed by atoms with Gasteiger partial charge in [-0.15, -0.1) is 8.58 Å². The summed E-state index contributed by atoms with van der Waals surface area (Å²) in [4.78, 5) is 11.9. The molecule has 0 rings (SSSR count). The van der Waals surface area contributed by atoms with E-state index in [1.165, 1.54) is 6.92 Å². The zero-order valence-corrected chi connectivity index (χ0v) is 13.4. The summed E-state index contributed by atoms with van der Waals surface area (Å²) >= 11 is 0. The number of rotatable bonds is 4. The van der Waals surface area contributed by atoms with Gasteiger partial charge in [-0.1, -0.05) is 20.8 Å². The summed E-state index contributed by atoms with van der Waals surface area (Å²) in [6.07, 6.45) is -15.3. The maximum Gasteiger partial charge on any atom is 0.434 e. The molecule has 0 aromatic carbocycles. The van der Waals surface area contributed by atoms with Gasteiger partial charge in [-0.2, -0.15) is 26.3 Å². The Morgan fingerprint density at radius 1 is 1.00 bits per heavy atom. The Morgan fingerprint density at radius 3 is 1.62 bits per heavy atom. The summed E-state index contributed by atoms with van der Waals surface area (Å²) in [6, 6.07) is 0. The number of esters is 1. The first-order valence-corrected chi connectivity index (χ1v) is 7.56. The third-order valence-corrected chi connectivity index (χ3v) is 4.19. The van der Waals surface area contributed by atoms with Gasteiger partial charge in [-0.25, -0.2) is 0 Å². The van der Waals surface area contributed by atoms with Crippen LogP contribution < -0.4 is 0 Å². The summed E-state index contributed by atoms with van der Waals surface area (Å²) in [7, 11) is -0.187. The summed E-state index contributed by atoms with van der Waals surface area (Å²) in [6.45, 7) is 8.09. The lowest BCUT2D eigenvalue weighted by molar-refractivity contribution is -0.314. The highest BCUT2D eigenvalue weighted by molar-refractivity contribution is 7.40. The zero-order chi connectivity index (χ0) is 17.3. The number of hydrogen-bond donors (Lipinski definition) is 0. The highest BCUT2D eigenvalue weighted by Gasteiger charge is 2.60. The van der Waals surface area contributed by atoms with Crippen LogP contribution in [0.2, 0.25) is 0 Å². The molecule has 0 heterocycles. The van der Waals surface area contributed by atoms with Crippen LogP contribution in [-0.2, 0) is 9.53 Å². The van der Waals surface area contributed by atoms with Gasteiger partial charge in [-0.3, -0.25) is 4.79 Å². The van der Waals surface area contributed by atoms with Gasteiger partial charge in [-0.05, 0) is 25.4 Å². The van der Waals surface area contributed by atoms with Crippen LogP contribution in [0.25, 0.3) is 0 Å². The van der Waals surface area contributed by atoms with Gasteiger partial charge in [0.15, 0.2) is 0 Å². The van der Waals surface area contributed by atoms with Gasteiger partial charge in [0.1, 0.15) is 0 Å². The molecule has 0 aromatic heterocycles. The van der Waals surface area contributed by atoms with Crippen LogP contribution in [0.3, 0.4) is 0 Å². The Hall–Kier alpha value is -0.520. The van der Waals surface area contributed by atoms with Gasteiger partial charge < -0.3 is 4.74 Å². The molecule has 0 bridgehead atoms. The standard InChI is InChI=1S/C12H19F6O2P/c1-9(2,3)6-10(4,21-5)8(19)20-7(11(13,14)15)12(16,17)18/h7,21H,6H2,1-5H3. The maximum absolute atomic E-state index is 12.4. The van der Waals surface area contributed by atoms with Crippen LogP contribution in [0.5, 0.6) is 0 Å². The van der Waals surface area contributed by atoms with Crippen LogP contribution in [0.4, 0.5) is 26.3 Å². The molecule has 9 heteroatoms. The van der Waals surface area contributed by atoms with Crippen molar-refractivity contribution in [3.63, 3.8) is 0 Å². The topological polar surface area (TPSA) is 26.3 Å². The molecule has 2 nitrogen and oxygen atoms in total. The number of hydrogen-bond acceptors (Lipinski definition) is 2. The van der Waals surface area contributed by atoms with Crippen LogP contribution >= 0.6 is 8.58 Å². The average molecular weight is 340 g/mol. The molecule has 0 amide bonds. The Labute approximate surface area is 121 Å². The fourth-order valence-corrected chi connectivity index (χ4v) is 2.85. The van der Waals surface area contributed by atoms with Gasteiger partial charge in [0, 0.05) is 0 Å². The first-order chi connectivity index (χ1) is 9.03. The predicted octanol–water partition coefficient (Wildman–Crippen LogP) is 4.53. The number of alkyl halides is 6. The molecule has 0 spiro atoms. The zero-order valence-electron chi connectivity index (χ0n) is 12.4. The maximum atomic E-state index is 12.4. The third kappa shape index (κ3) is 6.41. The van der Waals surface area contributed by atoms with Crippen molar-refractivity contribution in [3.05, 3.63) is 0 Å². The highest BCUT2D eigenvalue weighted by atomic mass is 31.1. The van der Waals surface area contributed by atoms with Crippen molar-refractivity contribution in [2.45, 2.75) is 57.7 Å². The first-order valence-electron chi connectivity index (χ1n) is 6.06. The van der Waals surface area contributed by atoms with E-state index < -0.39 is 35.0 Å². The fraction of sp³-hybridized carbons (Fsp3) is 0.917. The molecule has 126 valence electrons. The minimum Gasteiger partial charge on any atom is -0.442 e. The minimum atomic E-state index is -5.69. The third-order valence-electron chi connectivity index (χ3n) is 2.71. The van der Waals surface area contributed by atoms with Crippen molar-refractivity contribution in [3.8, 4) is 0 Å². The van der Waals surface area contributed by atoms with Crippen molar-refractivity contribution in [2.24, 2.45) is 5.41 Å². The van der Waals surface area contributed by atoms with Gasteiger partial charge in [0.25, 0.3) is 6.10 Å². The van der Waals surface area contributed by atoms with E-state index in [1.807, 2.05) is 0 Å². The second-order valence-corrected chi connectivity index (χ2v) is 7.79. The van der Waals surface area contributed by atoms with Gasteiger partial charge in [0.2, 0.25) is 0 Å². The lowest BCUT2D eigenvalue weighted by Crippen LogP contribution is -2.49. The summed E-state index contributed by atoms with van der Waals surface area (Å²) in [5.41, 5.74) is -0.442. The second kappa shape index (κ2) is 6.31. The van der Waals surface area contributed by atoms with Crippen LogP contribution in [0.15, 0.2) is 0 Å². The molecular formula is C12H19F6O2P. The molecule has 0 N–H and O–H groups in total. The van der Waals surface area contributed by atoms with E-state index in [1.54, 1.807) is 27.4 Å². The van der Waals surface area contributed by atoms with Crippen LogP contribution in [0.1, 0.15) is 34.1 Å². The van der Waals surface area contributed by atoms with Gasteiger partial charge in [0.05, 0.1) is 5.16 Å². The second-order valence-electron chi connectivity index (χ2n) is 6.19. The van der Waals surface area contributed by atoms with E-state index >= 15 is 0 Å². The predicted molar refractivity (Wildman–Crippen MR) is 68.7 cm³/mol. The number of carbonyl (C=O) groups excluding carboxylic acids is 1. The van der Waals surface area contributed by atoms with Crippen LogP contribution in [0, 0.1) is 5.41 Å². The molecule has 21 heavy (non-hydrogen) atoms. The molecule has 0 radical (unpaired) electrons. The molecule has 0 saturated carbocycles. The summed E-state index contributed by atoms with van der Waals surface area (Å²) < 4.78 is 78.3.